The monoisotopic (exact) mass is 342 g/mol. The van der Waals surface area contributed by atoms with E-state index in [1.54, 1.807) is 37.5 Å². The van der Waals surface area contributed by atoms with Gasteiger partial charge in [-0.15, -0.1) is 0 Å². The molecule has 0 spiro atoms. The normalized spacial score (nSPS) is 20.1. The van der Waals surface area contributed by atoms with Crippen LogP contribution in [0.15, 0.2) is 29.5 Å². The van der Waals surface area contributed by atoms with Crippen LogP contribution in [0.5, 0.6) is 0 Å². The predicted octanol–water partition coefficient (Wildman–Crippen LogP) is 0.468. The zero-order valence-electron chi connectivity index (χ0n) is 14.6. The van der Waals surface area contributed by atoms with Crippen LogP contribution in [0.4, 0.5) is 0 Å². The van der Waals surface area contributed by atoms with Crippen molar-refractivity contribution in [3.05, 3.63) is 57.5 Å². The van der Waals surface area contributed by atoms with Gasteiger partial charge in [0.25, 0.3) is 11.5 Å². The lowest BCUT2D eigenvalue weighted by molar-refractivity contribution is 0.0761. The van der Waals surface area contributed by atoms with Crippen LogP contribution < -0.4 is 5.56 Å². The Hall–Kier alpha value is -2.54. The molecule has 0 radical (unpaired) electrons. The highest BCUT2D eigenvalue weighted by Crippen LogP contribution is 2.22. The molecule has 3 heterocycles. The van der Waals surface area contributed by atoms with Crippen LogP contribution in [0, 0.1) is 19.8 Å². The topological polar surface area (TPSA) is 88.3 Å². The largest absolute Gasteiger partial charge is 0.391 e. The van der Waals surface area contributed by atoms with Crippen LogP contribution in [0.3, 0.4) is 0 Å². The fourth-order valence-corrected chi connectivity index (χ4v) is 3.32. The van der Waals surface area contributed by atoms with E-state index >= 15 is 0 Å². The molecule has 0 aromatic carbocycles. The first-order valence-electron chi connectivity index (χ1n) is 8.28. The molecule has 25 heavy (non-hydrogen) atoms. The van der Waals surface area contributed by atoms with Crippen molar-refractivity contribution in [3.63, 3.8) is 0 Å². The number of nitrogens with zero attached hydrogens (tertiary/aromatic N) is 4. The molecule has 1 aliphatic heterocycles. The van der Waals surface area contributed by atoms with Gasteiger partial charge in [0.15, 0.2) is 0 Å². The summed E-state index contributed by atoms with van der Waals surface area (Å²) in [6.07, 6.45) is 4.78. The second-order valence-electron chi connectivity index (χ2n) is 6.65. The predicted molar refractivity (Wildman–Crippen MR) is 92.3 cm³/mol. The molecule has 3 rings (SSSR count). The summed E-state index contributed by atoms with van der Waals surface area (Å²) in [5.41, 5.74) is 2.14. The standard InChI is InChI=1S/C18H22N4O3/c1-11-6-12(2)21(3)17(24)16(11)18(25)22-9-13(15(23)10-22)7-14-8-19-4-5-20-14/h4-6,8,13,15,23H,7,9-10H2,1-3H3/t13-,15-/m1/s1. The molecule has 7 heteroatoms. The third-order valence-corrected chi connectivity index (χ3v) is 4.86. The summed E-state index contributed by atoms with van der Waals surface area (Å²) in [5.74, 6) is -0.436. The van der Waals surface area contributed by atoms with Crippen molar-refractivity contribution >= 4 is 5.91 Å². The number of aliphatic hydroxyl groups excluding tert-OH is 1. The van der Waals surface area contributed by atoms with E-state index in [1.807, 2.05) is 13.0 Å². The Balaban J connectivity index is 1.81. The van der Waals surface area contributed by atoms with Crippen molar-refractivity contribution in [2.75, 3.05) is 13.1 Å². The quantitative estimate of drug-likeness (QED) is 0.876. The first kappa shape index (κ1) is 17.3. The molecule has 1 fully saturated rings. The number of hydrogen-bond acceptors (Lipinski definition) is 5. The maximum absolute atomic E-state index is 12.9. The highest BCUT2D eigenvalue weighted by Gasteiger charge is 2.36. The van der Waals surface area contributed by atoms with Gasteiger partial charge in [-0.25, -0.2) is 0 Å². The maximum Gasteiger partial charge on any atom is 0.263 e. The molecule has 0 unspecified atom stereocenters. The van der Waals surface area contributed by atoms with Gasteiger partial charge in [-0.05, 0) is 31.9 Å². The number of carbonyl (C=O) groups is 1. The van der Waals surface area contributed by atoms with Crippen molar-refractivity contribution in [2.24, 2.45) is 13.0 Å². The van der Waals surface area contributed by atoms with Crippen LogP contribution in [0.25, 0.3) is 0 Å². The van der Waals surface area contributed by atoms with E-state index in [1.165, 1.54) is 4.57 Å². The van der Waals surface area contributed by atoms with E-state index in [9.17, 15) is 14.7 Å². The molecule has 1 aliphatic rings. The molecular weight excluding hydrogens is 320 g/mol. The number of aryl methyl sites for hydroxylation is 2. The van der Waals surface area contributed by atoms with Crippen molar-refractivity contribution < 1.29 is 9.90 Å². The summed E-state index contributed by atoms with van der Waals surface area (Å²) in [6, 6.07) is 1.83. The summed E-state index contributed by atoms with van der Waals surface area (Å²) in [4.78, 5) is 35.2. The van der Waals surface area contributed by atoms with Crippen LogP contribution in [-0.4, -0.2) is 49.6 Å². The van der Waals surface area contributed by atoms with Crippen LogP contribution in [0.2, 0.25) is 0 Å². The lowest BCUT2D eigenvalue weighted by Crippen LogP contribution is -2.37. The average Bonchev–Trinajstić information content (AvgIpc) is 2.94. The minimum Gasteiger partial charge on any atom is -0.391 e. The lowest BCUT2D eigenvalue weighted by atomic mass is 10.0. The highest BCUT2D eigenvalue weighted by molar-refractivity contribution is 5.95. The molecule has 1 N–H and O–H groups in total. The summed E-state index contributed by atoms with van der Waals surface area (Å²) in [6.45, 7) is 4.22. The Morgan fingerprint density at radius 1 is 1.32 bits per heavy atom. The molecule has 132 valence electrons. The van der Waals surface area contributed by atoms with Gasteiger partial charge in [-0.3, -0.25) is 19.6 Å². The van der Waals surface area contributed by atoms with E-state index in [4.69, 9.17) is 0 Å². The zero-order valence-corrected chi connectivity index (χ0v) is 14.6. The minimum atomic E-state index is -0.638. The van der Waals surface area contributed by atoms with E-state index in [2.05, 4.69) is 9.97 Å². The molecule has 0 saturated carbocycles. The van der Waals surface area contributed by atoms with Gasteiger partial charge in [0.2, 0.25) is 0 Å². The summed E-state index contributed by atoms with van der Waals surface area (Å²) < 4.78 is 1.48. The molecule has 0 bridgehead atoms. The van der Waals surface area contributed by atoms with E-state index in [0.717, 1.165) is 11.4 Å². The number of carbonyl (C=O) groups excluding carboxylic acids is 1. The molecule has 0 aliphatic carbocycles. The molecule has 1 saturated heterocycles. The fourth-order valence-electron chi connectivity index (χ4n) is 3.32. The Morgan fingerprint density at radius 3 is 2.76 bits per heavy atom. The van der Waals surface area contributed by atoms with E-state index in [0.29, 0.717) is 18.5 Å². The van der Waals surface area contributed by atoms with Gasteiger partial charge in [-0.2, -0.15) is 0 Å². The average molecular weight is 342 g/mol. The maximum atomic E-state index is 12.9. The third kappa shape index (κ3) is 3.32. The molecule has 2 aromatic rings. The number of aromatic nitrogens is 3. The van der Waals surface area contributed by atoms with Crippen LogP contribution in [0.1, 0.15) is 27.3 Å². The fraction of sp³-hybridized carbons (Fsp3) is 0.444. The van der Waals surface area contributed by atoms with Crippen LogP contribution >= 0.6 is 0 Å². The zero-order chi connectivity index (χ0) is 18.1. The molecule has 2 atom stereocenters. The number of likely N-dealkylation sites (tertiary alicyclic amines) is 1. The number of hydrogen-bond donors (Lipinski definition) is 1. The van der Waals surface area contributed by atoms with Crippen molar-refractivity contribution in [1.82, 2.24) is 19.4 Å². The summed E-state index contributed by atoms with van der Waals surface area (Å²) in [5, 5.41) is 10.3. The number of aliphatic hydroxyl groups is 1. The first-order valence-corrected chi connectivity index (χ1v) is 8.28. The second-order valence-corrected chi connectivity index (χ2v) is 6.65. The molecular formula is C18H22N4O3. The van der Waals surface area contributed by atoms with Gasteiger partial charge >= 0.3 is 0 Å². The van der Waals surface area contributed by atoms with E-state index < -0.39 is 6.10 Å². The molecule has 1 amide bonds. The van der Waals surface area contributed by atoms with Crippen molar-refractivity contribution in [1.29, 1.82) is 0 Å². The van der Waals surface area contributed by atoms with Gasteiger partial charge in [0.1, 0.15) is 5.56 Å². The minimum absolute atomic E-state index is 0.116. The van der Waals surface area contributed by atoms with Gasteiger partial charge in [0, 0.05) is 50.3 Å². The highest BCUT2D eigenvalue weighted by atomic mass is 16.3. The van der Waals surface area contributed by atoms with Gasteiger partial charge in [-0.1, -0.05) is 0 Å². The van der Waals surface area contributed by atoms with Crippen LogP contribution in [-0.2, 0) is 13.5 Å². The van der Waals surface area contributed by atoms with E-state index in [-0.39, 0.29) is 29.5 Å². The summed E-state index contributed by atoms with van der Waals surface area (Å²) in [7, 11) is 1.66. The Bertz CT molecular complexity index is 847. The smallest absolute Gasteiger partial charge is 0.263 e. The lowest BCUT2D eigenvalue weighted by Gasteiger charge is -2.18. The van der Waals surface area contributed by atoms with Gasteiger partial charge < -0.3 is 14.6 Å². The first-order chi connectivity index (χ1) is 11.9. The number of amides is 1. The second kappa shape index (κ2) is 6.76. The SMILES string of the molecule is Cc1cc(C)n(C)c(=O)c1C(=O)N1C[C@@H](Cc2cnccn2)[C@H](O)C1. The number of β-amino-alcohol motifs (C(OH)–C–C–N with tert-alkyl or cyclic N) is 1. The molecule has 7 nitrogen and oxygen atoms in total. The van der Waals surface area contributed by atoms with Crippen molar-refractivity contribution in [3.8, 4) is 0 Å². The Morgan fingerprint density at radius 2 is 2.08 bits per heavy atom. The van der Waals surface area contributed by atoms with Crippen molar-refractivity contribution in [2.45, 2.75) is 26.4 Å². The molecule has 2 aromatic heterocycles. The number of rotatable bonds is 3. The summed E-state index contributed by atoms with van der Waals surface area (Å²) >= 11 is 0. The Kier molecular flexibility index (Phi) is 4.67. The Labute approximate surface area is 146 Å². The third-order valence-electron chi connectivity index (χ3n) is 4.86. The number of pyridine rings is 1. The van der Waals surface area contributed by atoms with Gasteiger partial charge in [0.05, 0.1) is 11.8 Å².